The number of rotatable bonds is 9. The highest BCUT2D eigenvalue weighted by Gasteiger charge is 2.57. The topological polar surface area (TPSA) is 184 Å². The van der Waals surface area contributed by atoms with E-state index >= 15 is 0 Å². The van der Waals surface area contributed by atoms with Gasteiger partial charge < -0.3 is 39.9 Å². The van der Waals surface area contributed by atoms with E-state index in [-0.39, 0.29) is 45.8 Å². The Morgan fingerprint density at radius 1 is 1.03 bits per heavy atom. The fourth-order valence-electron chi connectivity index (χ4n) is 12.0. The Balaban J connectivity index is 1.20. The van der Waals surface area contributed by atoms with Gasteiger partial charge in [0.25, 0.3) is 5.91 Å². The summed E-state index contributed by atoms with van der Waals surface area (Å²) in [4.78, 5) is 54.0. The number of nitrogens with one attached hydrogen (secondary N) is 1. The summed E-state index contributed by atoms with van der Waals surface area (Å²) in [7, 11) is 1.01. The van der Waals surface area contributed by atoms with Gasteiger partial charge in [-0.05, 0) is 160 Å². The van der Waals surface area contributed by atoms with E-state index in [1.54, 1.807) is 32.1 Å². The number of aliphatic hydroxyl groups excluding tert-OH is 2. The predicted molar refractivity (Wildman–Crippen MR) is 267 cm³/mol. The third-order valence-electron chi connectivity index (χ3n) is 16.9. The molecule has 1 aliphatic heterocycles. The fourth-order valence-corrected chi connectivity index (χ4v) is 13.0. The number of benzene rings is 1. The van der Waals surface area contributed by atoms with E-state index in [2.05, 4.69) is 64.3 Å². The molecule has 1 heterocycles. The van der Waals surface area contributed by atoms with Gasteiger partial charge in [0.1, 0.15) is 11.9 Å². The Morgan fingerprint density at radius 3 is 2.41 bits per heavy atom. The van der Waals surface area contributed by atoms with Crippen LogP contribution in [0.25, 0.3) is 0 Å². The van der Waals surface area contributed by atoms with Crippen molar-refractivity contribution in [2.75, 3.05) is 14.2 Å². The smallest absolute Gasteiger partial charge is 0.405 e. The number of Topliss-reactive ketones (excluding diaryl/α,β-unsaturated/α-hetero) is 1. The van der Waals surface area contributed by atoms with Gasteiger partial charge in [-0.2, -0.15) is 0 Å². The molecule has 1 aromatic carbocycles. The number of amides is 2. The Labute approximate surface area is 406 Å². The monoisotopic (exact) mass is 957 g/mol. The highest BCUT2D eigenvalue weighted by Crippen LogP contribution is 2.63. The van der Waals surface area contributed by atoms with Crippen molar-refractivity contribution < 1.29 is 48.0 Å². The lowest BCUT2D eigenvalue weighted by Gasteiger charge is -2.50. The van der Waals surface area contributed by atoms with Gasteiger partial charge in [-0.25, -0.2) is 4.79 Å². The van der Waals surface area contributed by atoms with Crippen molar-refractivity contribution in [3.05, 3.63) is 87.7 Å². The second kappa shape index (κ2) is 21.5. The largest absolute Gasteiger partial charge is 0.543 e. The highest BCUT2D eigenvalue weighted by molar-refractivity contribution is 6.74. The van der Waals surface area contributed by atoms with E-state index in [1.807, 2.05) is 13.8 Å². The minimum Gasteiger partial charge on any atom is -0.543 e. The van der Waals surface area contributed by atoms with Gasteiger partial charge in [0.15, 0.2) is 11.9 Å². The highest BCUT2D eigenvalue weighted by atomic mass is 28.4. The van der Waals surface area contributed by atoms with Crippen molar-refractivity contribution in [3.63, 3.8) is 0 Å². The van der Waals surface area contributed by atoms with Crippen LogP contribution in [0.15, 0.2) is 76.6 Å². The number of primary amides is 1. The van der Waals surface area contributed by atoms with Crippen LogP contribution in [0.3, 0.4) is 0 Å². The summed E-state index contributed by atoms with van der Waals surface area (Å²) in [5, 5.41) is 26.5. The molecule has 12 atom stereocenters. The number of fused-ring (bicyclic) bond motifs is 7. The molecule has 2 fully saturated rings. The third-order valence-corrected chi connectivity index (χ3v) is 21.3. The Kier molecular flexibility index (Phi) is 16.8. The lowest BCUT2D eigenvalue weighted by atomic mass is 9.55. The number of carbonyl (C=O) groups excluding carboxylic acids is 4. The quantitative estimate of drug-likeness (QED) is 0.106. The molecule has 0 aromatic heterocycles. The summed E-state index contributed by atoms with van der Waals surface area (Å²) in [6, 6.07) is 6.81. The van der Waals surface area contributed by atoms with Crippen LogP contribution in [0.2, 0.25) is 18.1 Å². The van der Waals surface area contributed by atoms with Crippen molar-refractivity contribution in [1.82, 2.24) is 5.32 Å². The zero-order chi connectivity index (χ0) is 50.0. The average Bonchev–Trinajstić information content (AvgIpc) is 3.53. The van der Waals surface area contributed by atoms with Gasteiger partial charge >= 0.3 is 6.09 Å². The first-order valence-electron chi connectivity index (χ1n) is 25.0. The van der Waals surface area contributed by atoms with Crippen LogP contribution in [-0.2, 0) is 35.0 Å². The third kappa shape index (κ3) is 11.4. The molecular formula is C55H80N2O10Si. The summed E-state index contributed by atoms with van der Waals surface area (Å²) in [5.74, 6) is 0.456. The summed E-state index contributed by atoms with van der Waals surface area (Å²) < 4.78 is 23.7. The van der Waals surface area contributed by atoms with E-state index in [9.17, 15) is 29.4 Å². The first-order valence-corrected chi connectivity index (χ1v) is 27.9. The number of aliphatic hydroxyl groups is 2. The number of carbonyl (C=O) groups is 4. The molecule has 13 heteroatoms. The van der Waals surface area contributed by atoms with E-state index < -0.39 is 62.5 Å². The number of nitrogens with two attached hydrogens (primary N) is 1. The molecule has 12 nitrogen and oxygen atoms in total. The normalized spacial score (nSPS) is 35.1. The molecule has 4 aliphatic carbocycles. The molecule has 5 aliphatic rings. The van der Waals surface area contributed by atoms with Crippen LogP contribution in [0.5, 0.6) is 5.75 Å². The van der Waals surface area contributed by atoms with E-state index in [0.29, 0.717) is 53.7 Å². The molecule has 0 saturated heterocycles. The average molecular weight is 957 g/mol. The number of methoxy groups -OCH3 is 2. The Bertz CT molecular complexity index is 2230. The van der Waals surface area contributed by atoms with Crippen molar-refractivity contribution >= 4 is 31.9 Å². The summed E-state index contributed by atoms with van der Waals surface area (Å²) >= 11 is 0. The molecule has 0 spiro atoms. The number of hydrogen-bond acceptors (Lipinski definition) is 10. The van der Waals surface area contributed by atoms with Crippen LogP contribution < -0.4 is 15.5 Å². The number of hydrogen-bond donors (Lipinski definition) is 4. The molecule has 68 heavy (non-hydrogen) atoms. The molecule has 1 unspecified atom stereocenters. The Morgan fingerprint density at radius 2 is 1.75 bits per heavy atom. The van der Waals surface area contributed by atoms with Crippen LogP contribution >= 0.6 is 0 Å². The van der Waals surface area contributed by atoms with Gasteiger partial charge in [0, 0.05) is 42.9 Å². The summed E-state index contributed by atoms with van der Waals surface area (Å²) in [5.41, 5.74) is 9.68. The molecule has 0 radical (unpaired) electrons. The standard InChI is InChI=1S/C55H80N2O10Si/c1-31-25-42-41(17-14-16-36-29-43-40-21-19-35-28-37(67-68(11,12)54(5,6)7)20-22-38(35)39(40)23-24-55(43,8)51(36)61)45(58)30-44(49(42)60)57-52(62)32(2)15-13-18-46(64-9)50(66-53(56)63)34(4)27-33(3)48(59)47(26-31)65-10/h13,15,18,20,22,27-28,30-31,33,36,39-40,43,46-48,50-51,59,61H,14,16-17,19,21,23-26,29H2,1-12H3,(H2,56,63)(H,57,62)/b18-13-,32-15+,34-27+/t31-,33+,36+,39+,40+,43-,46?,47+,48-,50+,51-,55-/m0/s1. The predicted octanol–water partition coefficient (Wildman–Crippen LogP) is 9.50. The number of ketones is 2. The minimum absolute atomic E-state index is 0.0774. The second-order valence-corrected chi connectivity index (χ2v) is 27.3. The fraction of sp³-hybridized carbons (Fsp3) is 0.636. The lowest BCUT2D eigenvalue weighted by Crippen LogP contribution is -2.44. The molecule has 374 valence electrons. The second-order valence-electron chi connectivity index (χ2n) is 22.6. The van der Waals surface area contributed by atoms with E-state index in [4.69, 9.17) is 24.4 Å². The minimum atomic E-state index is -1.97. The first kappa shape index (κ1) is 53.2. The molecule has 6 rings (SSSR count). The molecule has 5 N–H and O–H groups in total. The van der Waals surface area contributed by atoms with Crippen LogP contribution in [-0.4, -0.2) is 86.8 Å². The molecule has 2 saturated carbocycles. The van der Waals surface area contributed by atoms with Crippen molar-refractivity contribution in [1.29, 1.82) is 0 Å². The van der Waals surface area contributed by atoms with Crippen LogP contribution in [0.4, 0.5) is 4.79 Å². The van der Waals surface area contributed by atoms with Gasteiger partial charge in [0.05, 0.1) is 24.0 Å². The van der Waals surface area contributed by atoms with Gasteiger partial charge in [-0.1, -0.05) is 71.9 Å². The zero-order valence-corrected chi connectivity index (χ0v) is 43.8. The SMILES string of the molecule is COC1/C=C\C=C(/C)C(=O)NC2=CC(=O)C(CCC[C@@H]3C[C@H]4[C@@H]5CCc6cc(O[Si](C)(C)C(C)(C)C)ccc6[C@H]5CC[C@]4(C)[C@H]3O)=C(C[C@H](C)C[C@@H](OC)[C@@H](O)[C@H](C)/C=C(\C)[C@H]1OC(N)=O)C2=O. The summed E-state index contributed by atoms with van der Waals surface area (Å²) in [6.45, 7) is 20.8. The number of aryl methyl sites for hydroxylation is 1. The summed E-state index contributed by atoms with van der Waals surface area (Å²) in [6.07, 6.45) is 10.3. The van der Waals surface area contributed by atoms with Crippen molar-refractivity contribution in [3.8, 4) is 5.75 Å². The van der Waals surface area contributed by atoms with Crippen LogP contribution in [0, 0.1) is 35.0 Å². The maximum atomic E-state index is 14.4. The van der Waals surface area contributed by atoms with Gasteiger partial charge in [-0.15, -0.1) is 0 Å². The van der Waals surface area contributed by atoms with Gasteiger partial charge in [0.2, 0.25) is 14.1 Å². The maximum absolute atomic E-state index is 14.4. The zero-order valence-electron chi connectivity index (χ0n) is 42.8. The van der Waals surface area contributed by atoms with Crippen molar-refractivity contribution in [2.24, 2.45) is 40.7 Å². The van der Waals surface area contributed by atoms with E-state index in [1.165, 1.54) is 37.5 Å². The first-order chi connectivity index (χ1) is 31.9. The molecule has 1 aromatic rings. The molecule has 2 amide bonds. The number of allylic oxidation sites excluding steroid dienone is 5. The number of ether oxygens (including phenoxy) is 3. The maximum Gasteiger partial charge on any atom is 0.405 e. The molecule has 2 bridgehead atoms. The lowest BCUT2D eigenvalue weighted by molar-refractivity contribution is -0.120. The Hall–Kier alpha value is -4.14. The molecular weight excluding hydrogens is 877 g/mol. The van der Waals surface area contributed by atoms with Crippen LogP contribution in [0.1, 0.15) is 130 Å². The van der Waals surface area contributed by atoms with Gasteiger partial charge in [-0.3, -0.25) is 14.4 Å². The van der Waals surface area contributed by atoms with Crippen molar-refractivity contribution in [2.45, 2.75) is 174 Å². The van der Waals surface area contributed by atoms with E-state index in [0.717, 1.165) is 44.3 Å².